The minimum Gasteiger partial charge on any atom is -0.360 e. The highest BCUT2D eigenvalue weighted by Gasteiger charge is 2.05. The van der Waals surface area contributed by atoms with Crippen LogP contribution in [-0.4, -0.2) is 4.98 Å². The number of fused-ring (bicyclic) bond motifs is 1. The van der Waals surface area contributed by atoms with E-state index in [0.717, 1.165) is 0 Å². The summed E-state index contributed by atoms with van der Waals surface area (Å²) in [7, 11) is 0. The van der Waals surface area contributed by atoms with E-state index >= 15 is 0 Å². The molecule has 0 bridgehead atoms. The predicted molar refractivity (Wildman–Crippen MR) is 42.1 cm³/mol. The first-order valence-corrected chi connectivity index (χ1v) is 3.49. The normalized spacial score (nSPS) is 10.7. The molecule has 0 amide bonds. The van der Waals surface area contributed by atoms with E-state index in [1.807, 2.05) is 0 Å². The molecular weight excluding hydrogens is 165 g/mol. The third kappa shape index (κ3) is 0.906. The SMILES string of the molecule is Fc1[c]ccc2[nH]cc(Cl)c12. The van der Waals surface area contributed by atoms with Gasteiger partial charge in [0, 0.05) is 17.8 Å². The van der Waals surface area contributed by atoms with Gasteiger partial charge in [-0.25, -0.2) is 4.39 Å². The molecule has 2 rings (SSSR count). The highest BCUT2D eigenvalue weighted by Crippen LogP contribution is 2.24. The Morgan fingerprint density at radius 3 is 3.09 bits per heavy atom. The lowest BCUT2D eigenvalue weighted by molar-refractivity contribution is 0.638. The number of nitrogens with one attached hydrogen (secondary N) is 1. The molecule has 1 N–H and O–H groups in total. The zero-order chi connectivity index (χ0) is 7.84. The molecule has 0 saturated carbocycles. The third-order valence-corrected chi connectivity index (χ3v) is 1.84. The molecule has 0 aliphatic heterocycles. The van der Waals surface area contributed by atoms with Crippen molar-refractivity contribution in [1.82, 2.24) is 4.98 Å². The van der Waals surface area contributed by atoms with Crippen LogP contribution in [0.1, 0.15) is 0 Å². The number of H-pyrrole nitrogens is 1. The van der Waals surface area contributed by atoms with E-state index in [4.69, 9.17) is 11.6 Å². The topological polar surface area (TPSA) is 15.8 Å². The summed E-state index contributed by atoms with van der Waals surface area (Å²) in [5, 5.41) is 0.809. The van der Waals surface area contributed by atoms with Gasteiger partial charge in [-0.1, -0.05) is 11.6 Å². The summed E-state index contributed by atoms with van der Waals surface area (Å²) in [6.07, 6.45) is 1.56. The van der Waals surface area contributed by atoms with Crippen LogP contribution in [0.25, 0.3) is 10.9 Å². The molecule has 0 unspecified atom stereocenters. The molecule has 0 fully saturated rings. The minimum atomic E-state index is -0.409. The van der Waals surface area contributed by atoms with E-state index in [1.54, 1.807) is 12.3 Å². The Bertz CT molecular complexity index is 394. The molecule has 1 radical (unpaired) electrons. The Balaban J connectivity index is 2.96. The molecule has 0 aliphatic rings. The van der Waals surface area contributed by atoms with Gasteiger partial charge >= 0.3 is 0 Å². The van der Waals surface area contributed by atoms with Gasteiger partial charge in [-0.3, -0.25) is 0 Å². The Morgan fingerprint density at radius 1 is 1.55 bits per heavy atom. The standard InChI is InChI=1S/C8H4ClFN/c9-5-4-11-7-3-1-2-6(10)8(5)7/h1,3-4,11H. The first-order valence-electron chi connectivity index (χ1n) is 3.12. The third-order valence-electron chi connectivity index (χ3n) is 1.54. The average molecular weight is 169 g/mol. The lowest BCUT2D eigenvalue weighted by atomic mass is 10.2. The average Bonchev–Trinajstić information content (AvgIpc) is 2.34. The zero-order valence-corrected chi connectivity index (χ0v) is 6.24. The van der Waals surface area contributed by atoms with Crippen molar-refractivity contribution in [3.05, 3.63) is 35.2 Å². The maximum Gasteiger partial charge on any atom is 0.141 e. The molecule has 0 saturated heterocycles. The van der Waals surface area contributed by atoms with E-state index in [1.165, 1.54) is 6.07 Å². The summed E-state index contributed by atoms with van der Waals surface area (Å²) in [6, 6.07) is 5.67. The van der Waals surface area contributed by atoms with Crippen LogP contribution in [-0.2, 0) is 0 Å². The molecule has 0 spiro atoms. The van der Waals surface area contributed by atoms with E-state index in [-0.39, 0.29) is 0 Å². The zero-order valence-electron chi connectivity index (χ0n) is 5.49. The van der Waals surface area contributed by atoms with Crippen molar-refractivity contribution in [3.63, 3.8) is 0 Å². The van der Waals surface area contributed by atoms with Gasteiger partial charge in [-0.05, 0) is 12.1 Å². The largest absolute Gasteiger partial charge is 0.360 e. The van der Waals surface area contributed by atoms with E-state index in [0.29, 0.717) is 15.9 Å². The quantitative estimate of drug-likeness (QED) is 0.623. The molecule has 1 nitrogen and oxygen atoms in total. The van der Waals surface area contributed by atoms with E-state index in [2.05, 4.69) is 11.1 Å². The summed E-state index contributed by atoms with van der Waals surface area (Å²) in [5.74, 6) is -0.409. The van der Waals surface area contributed by atoms with Gasteiger partial charge < -0.3 is 4.98 Å². The van der Waals surface area contributed by atoms with Crippen LogP contribution in [0.2, 0.25) is 5.02 Å². The Kier molecular flexibility index (Phi) is 1.36. The lowest BCUT2D eigenvalue weighted by Crippen LogP contribution is -1.74. The Morgan fingerprint density at radius 2 is 2.36 bits per heavy atom. The van der Waals surface area contributed by atoms with Crippen molar-refractivity contribution in [2.75, 3.05) is 0 Å². The van der Waals surface area contributed by atoms with Crippen LogP contribution >= 0.6 is 11.6 Å². The highest BCUT2D eigenvalue weighted by atomic mass is 35.5. The maximum atomic E-state index is 12.9. The predicted octanol–water partition coefficient (Wildman–Crippen LogP) is 2.76. The van der Waals surface area contributed by atoms with Gasteiger partial charge in [-0.15, -0.1) is 0 Å². The molecule has 0 atom stereocenters. The maximum absolute atomic E-state index is 12.9. The smallest absolute Gasteiger partial charge is 0.141 e. The van der Waals surface area contributed by atoms with Crippen molar-refractivity contribution in [2.24, 2.45) is 0 Å². The van der Waals surface area contributed by atoms with E-state index in [9.17, 15) is 4.39 Å². The van der Waals surface area contributed by atoms with Crippen molar-refractivity contribution < 1.29 is 4.39 Å². The van der Waals surface area contributed by atoms with E-state index < -0.39 is 5.82 Å². The van der Waals surface area contributed by atoms with Crippen molar-refractivity contribution in [1.29, 1.82) is 0 Å². The molecule has 55 valence electrons. The number of rotatable bonds is 0. The van der Waals surface area contributed by atoms with Gasteiger partial charge in [0.2, 0.25) is 0 Å². The highest BCUT2D eigenvalue weighted by molar-refractivity contribution is 6.35. The number of aromatic nitrogens is 1. The van der Waals surface area contributed by atoms with Crippen LogP contribution < -0.4 is 0 Å². The minimum absolute atomic E-state index is 0.398. The summed E-state index contributed by atoms with van der Waals surface area (Å²) in [4.78, 5) is 2.84. The number of halogens is 2. The fourth-order valence-corrected chi connectivity index (χ4v) is 1.28. The van der Waals surface area contributed by atoms with Gasteiger partial charge in [-0.2, -0.15) is 0 Å². The van der Waals surface area contributed by atoms with Crippen LogP contribution in [0.3, 0.4) is 0 Å². The first-order chi connectivity index (χ1) is 5.29. The molecule has 0 aliphatic carbocycles. The second kappa shape index (κ2) is 2.24. The van der Waals surface area contributed by atoms with Crippen LogP contribution in [0.15, 0.2) is 18.3 Å². The van der Waals surface area contributed by atoms with Gasteiger partial charge in [0.15, 0.2) is 0 Å². The van der Waals surface area contributed by atoms with Crippen molar-refractivity contribution in [2.45, 2.75) is 0 Å². The molecule has 2 aromatic rings. The number of hydrogen-bond donors (Lipinski definition) is 1. The molecule has 1 aromatic heterocycles. The first kappa shape index (κ1) is 6.68. The van der Waals surface area contributed by atoms with Gasteiger partial charge in [0.1, 0.15) is 5.82 Å². The summed E-state index contributed by atoms with van der Waals surface area (Å²) >= 11 is 5.69. The second-order valence-electron chi connectivity index (χ2n) is 2.22. The van der Waals surface area contributed by atoms with Crippen LogP contribution in [0.5, 0.6) is 0 Å². The van der Waals surface area contributed by atoms with Crippen molar-refractivity contribution >= 4 is 22.5 Å². The summed E-state index contributed by atoms with van der Waals surface area (Å²) in [5.41, 5.74) is 0.700. The van der Waals surface area contributed by atoms with Crippen LogP contribution in [0, 0.1) is 11.9 Å². The molecular formula is C8H4ClFN. The molecule has 1 aromatic carbocycles. The van der Waals surface area contributed by atoms with Gasteiger partial charge in [0.05, 0.1) is 10.4 Å². The summed E-state index contributed by atoms with van der Waals surface area (Å²) < 4.78 is 12.9. The Hall–Kier alpha value is -1.02. The number of aromatic amines is 1. The fourth-order valence-electron chi connectivity index (χ4n) is 1.04. The Labute approximate surface area is 67.8 Å². The van der Waals surface area contributed by atoms with Crippen LogP contribution in [0.4, 0.5) is 4.39 Å². The number of benzene rings is 1. The fraction of sp³-hybridized carbons (Fsp3) is 0. The molecule has 11 heavy (non-hydrogen) atoms. The monoisotopic (exact) mass is 168 g/mol. The number of hydrogen-bond acceptors (Lipinski definition) is 0. The van der Waals surface area contributed by atoms with Crippen molar-refractivity contribution in [3.8, 4) is 0 Å². The second-order valence-corrected chi connectivity index (χ2v) is 2.62. The molecule has 1 heterocycles. The van der Waals surface area contributed by atoms with Gasteiger partial charge in [0.25, 0.3) is 0 Å². The summed E-state index contributed by atoms with van der Waals surface area (Å²) in [6.45, 7) is 0. The lowest BCUT2D eigenvalue weighted by Gasteiger charge is -1.89. The molecule has 3 heteroatoms.